The van der Waals surface area contributed by atoms with Crippen LogP contribution in [0.1, 0.15) is 42.6 Å². The minimum atomic E-state index is -1.22. The molecular formula is C14H18FNO2. The molecule has 18 heavy (non-hydrogen) atoms. The Morgan fingerprint density at radius 2 is 2.22 bits per heavy atom. The number of carboxylic acids is 1. The monoisotopic (exact) mass is 251 g/mol. The van der Waals surface area contributed by atoms with Gasteiger partial charge in [-0.3, -0.25) is 4.90 Å². The first-order valence-electron chi connectivity index (χ1n) is 6.17. The summed E-state index contributed by atoms with van der Waals surface area (Å²) in [7, 11) is 0. The Kier molecular flexibility index (Phi) is 3.39. The summed E-state index contributed by atoms with van der Waals surface area (Å²) in [6.45, 7) is 6.04. The molecule has 4 heteroatoms. The van der Waals surface area contributed by atoms with Crippen LogP contribution in [0.2, 0.25) is 0 Å². The van der Waals surface area contributed by atoms with Gasteiger partial charge in [0.15, 0.2) is 0 Å². The Bertz CT molecular complexity index is 471. The van der Waals surface area contributed by atoms with Crippen LogP contribution >= 0.6 is 0 Å². The summed E-state index contributed by atoms with van der Waals surface area (Å²) in [6, 6.07) is 4.37. The van der Waals surface area contributed by atoms with Crippen molar-refractivity contribution in [1.82, 2.24) is 4.90 Å². The number of carbonyl (C=O) groups is 1. The van der Waals surface area contributed by atoms with Crippen molar-refractivity contribution in [1.29, 1.82) is 0 Å². The zero-order chi connectivity index (χ0) is 13.3. The van der Waals surface area contributed by atoms with Crippen LogP contribution in [0.4, 0.5) is 4.39 Å². The molecular weight excluding hydrogens is 233 g/mol. The highest BCUT2D eigenvalue weighted by Crippen LogP contribution is 2.29. The van der Waals surface area contributed by atoms with E-state index < -0.39 is 11.8 Å². The maximum Gasteiger partial charge on any atom is 0.338 e. The first-order valence-corrected chi connectivity index (χ1v) is 6.17. The minimum Gasteiger partial charge on any atom is -0.478 e. The second-order valence-corrected chi connectivity index (χ2v) is 5.46. The van der Waals surface area contributed by atoms with Gasteiger partial charge < -0.3 is 5.11 Å². The van der Waals surface area contributed by atoms with Crippen molar-refractivity contribution in [3.8, 4) is 0 Å². The molecule has 0 saturated carbocycles. The van der Waals surface area contributed by atoms with Crippen molar-refractivity contribution in [2.75, 3.05) is 6.54 Å². The molecule has 98 valence electrons. The van der Waals surface area contributed by atoms with E-state index >= 15 is 0 Å². The summed E-state index contributed by atoms with van der Waals surface area (Å²) in [4.78, 5) is 13.0. The topological polar surface area (TPSA) is 40.5 Å². The molecule has 0 aliphatic carbocycles. The van der Waals surface area contributed by atoms with Crippen molar-refractivity contribution in [2.24, 2.45) is 0 Å². The SMILES string of the molecule is CC1(C)CCCN1Cc1ccc(C(=O)O)c(F)c1. The van der Waals surface area contributed by atoms with Crippen molar-refractivity contribution >= 4 is 5.97 Å². The fraction of sp³-hybridized carbons (Fsp3) is 0.500. The molecule has 2 rings (SSSR count). The van der Waals surface area contributed by atoms with Crippen molar-refractivity contribution in [3.05, 3.63) is 35.1 Å². The van der Waals surface area contributed by atoms with Gasteiger partial charge in [0, 0.05) is 12.1 Å². The van der Waals surface area contributed by atoms with Gasteiger partial charge in [-0.1, -0.05) is 6.07 Å². The van der Waals surface area contributed by atoms with Crippen LogP contribution in [0, 0.1) is 5.82 Å². The van der Waals surface area contributed by atoms with Gasteiger partial charge in [-0.05, 0) is 50.9 Å². The summed E-state index contributed by atoms with van der Waals surface area (Å²) in [5.41, 5.74) is 0.703. The highest BCUT2D eigenvalue weighted by Gasteiger charge is 2.31. The Morgan fingerprint density at radius 1 is 1.50 bits per heavy atom. The van der Waals surface area contributed by atoms with E-state index in [9.17, 15) is 9.18 Å². The molecule has 0 bridgehead atoms. The predicted molar refractivity (Wildman–Crippen MR) is 67.1 cm³/mol. The van der Waals surface area contributed by atoms with Crippen molar-refractivity contribution in [3.63, 3.8) is 0 Å². The Balaban J connectivity index is 2.16. The zero-order valence-corrected chi connectivity index (χ0v) is 10.7. The molecule has 1 fully saturated rings. The smallest absolute Gasteiger partial charge is 0.338 e. The van der Waals surface area contributed by atoms with E-state index in [2.05, 4.69) is 18.7 Å². The Labute approximate surface area is 106 Å². The summed E-state index contributed by atoms with van der Waals surface area (Å²) in [5, 5.41) is 8.77. The minimum absolute atomic E-state index is 0.141. The van der Waals surface area contributed by atoms with Crippen LogP contribution in [0.15, 0.2) is 18.2 Å². The van der Waals surface area contributed by atoms with Gasteiger partial charge in [-0.15, -0.1) is 0 Å². The summed E-state index contributed by atoms with van der Waals surface area (Å²) < 4.78 is 13.6. The molecule has 1 saturated heterocycles. The molecule has 1 aromatic carbocycles. The van der Waals surface area contributed by atoms with Gasteiger partial charge >= 0.3 is 5.97 Å². The Hall–Kier alpha value is -1.42. The van der Waals surface area contributed by atoms with E-state index in [-0.39, 0.29) is 11.1 Å². The van der Waals surface area contributed by atoms with Crippen LogP contribution in [-0.2, 0) is 6.54 Å². The highest BCUT2D eigenvalue weighted by molar-refractivity contribution is 5.87. The lowest BCUT2D eigenvalue weighted by atomic mass is 10.0. The van der Waals surface area contributed by atoms with Gasteiger partial charge in [-0.25, -0.2) is 9.18 Å². The molecule has 0 amide bonds. The normalized spacial score (nSPS) is 19.1. The molecule has 1 heterocycles. The van der Waals surface area contributed by atoms with E-state index in [1.165, 1.54) is 12.1 Å². The van der Waals surface area contributed by atoms with Crippen LogP contribution in [0.5, 0.6) is 0 Å². The first-order chi connectivity index (χ1) is 8.40. The Morgan fingerprint density at radius 3 is 2.72 bits per heavy atom. The summed E-state index contributed by atoms with van der Waals surface area (Å²) in [5.74, 6) is -1.88. The van der Waals surface area contributed by atoms with E-state index in [0.717, 1.165) is 24.9 Å². The third kappa shape index (κ3) is 2.53. The van der Waals surface area contributed by atoms with Crippen LogP contribution in [0.25, 0.3) is 0 Å². The van der Waals surface area contributed by atoms with Gasteiger partial charge in [-0.2, -0.15) is 0 Å². The highest BCUT2D eigenvalue weighted by atomic mass is 19.1. The lowest BCUT2D eigenvalue weighted by Gasteiger charge is -2.31. The number of likely N-dealkylation sites (tertiary alicyclic amines) is 1. The maximum absolute atomic E-state index is 13.6. The first kappa shape index (κ1) is 13.0. The average Bonchev–Trinajstić information content (AvgIpc) is 2.58. The molecule has 3 nitrogen and oxygen atoms in total. The number of hydrogen-bond acceptors (Lipinski definition) is 2. The van der Waals surface area contributed by atoms with Crippen LogP contribution in [0.3, 0.4) is 0 Å². The standard InChI is InChI=1S/C14H18FNO2/c1-14(2)6-3-7-16(14)9-10-4-5-11(13(17)18)12(15)8-10/h4-5,8H,3,6-7,9H2,1-2H3,(H,17,18). The molecule has 1 N–H and O–H groups in total. The number of nitrogens with zero attached hydrogens (tertiary/aromatic N) is 1. The number of hydrogen-bond donors (Lipinski definition) is 1. The summed E-state index contributed by atoms with van der Waals surface area (Å²) >= 11 is 0. The lowest BCUT2D eigenvalue weighted by molar-refractivity contribution is 0.0691. The quantitative estimate of drug-likeness (QED) is 0.898. The molecule has 1 aliphatic heterocycles. The van der Waals surface area contributed by atoms with Crippen LogP contribution < -0.4 is 0 Å². The fourth-order valence-electron chi connectivity index (χ4n) is 2.51. The van der Waals surface area contributed by atoms with Gasteiger partial charge in [0.1, 0.15) is 5.82 Å². The molecule has 0 radical (unpaired) electrons. The molecule has 1 aliphatic rings. The third-order valence-electron chi connectivity index (χ3n) is 3.71. The number of benzene rings is 1. The van der Waals surface area contributed by atoms with Gasteiger partial charge in [0.05, 0.1) is 5.56 Å². The second kappa shape index (κ2) is 4.69. The third-order valence-corrected chi connectivity index (χ3v) is 3.71. The predicted octanol–water partition coefficient (Wildman–Crippen LogP) is 2.90. The average molecular weight is 251 g/mol. The van der Waals surface area contributed by atoms with E-state index in [4.69, 9.17) is 5.11 Å². The van der Waals surface area contributed by atoms with Crippen molar-refractivity contribution < 1.29 is 14.3 Å². The van der Waals surface area contributed by atoms with E-state index in [1.54, 1.807) is 6.07 Å². The number of carboxylic acid groups (broad SMARTS) is 1. The van der Waals surface area contributed by atoms with Crippen molar-refractivity contribution in [2.45, 2.75) is 38.8 Å². The molecule has 0 aromatic heterocycles. The van der Waals surface area contributed by atoms with Gasteiger partial charge in [0.2, 0.25) is 0 Å². The summed E-state index contributed by atoms with van der Waals surface area (Å²) in [6.07, 6.45) is 2.30. The number of aromatic carboxylic acids is 1. The largest absolute Gasteiger partial charge is 0.478 e. The fourth-order valence-corrected chi connectivity index (χ4v) is 2.51. The molecule has 0 atom stereocenters. The van der Waals surface area contributed by atoms with E-state index in [0.29, 0.717) is 6.54 Å². The number of rotatable bonds is 3. The maximum atomic E-state index is 13.6. The van der Waals surface area contributed by atoms with Crippen LogP contribution in [-0.4, -0.2) is 28.1 Å². The zero-order valence-electron chi connectivity index (χ0n) is 10.7. The molecule has 1 aromatic rings. The molecule has 0 spiro atoms. The van der Waals surface area contributed by atoms with E-state index in [1.807, 2.05) is 0 Å². The lowest BCUT2D eigenvalue weighted by Crippen LogP contribution is -2.37. The van der Waals surface area contributed by atoms with Gasteiger partial charge in [0.25, 0.3) is 0 Å². The second-order valence-electron chi connectivity index (χ2n) is 5.46. The number of halogens is 1. The molecule has 0 unspecified atom stereocenters.